The lowest BCUT2D eigenvalue weighted by atomic mass is 10.2. The number of imide groups is 1. The first-order valence-corrected chi connectivity index (χ1v) is 9.95. The normalized spacial score (nSPS) is 15.5. The quantitative estimate of drug-likeness (QED) is 0.641. The highest BCUT2D eigenvalue weighted by atomic mass is 32.2. The van der Waals surface area contributed by atoms with Crippen LogP contribution in [-0.4, -0.2) is 35.1 Å². The molecule has 162 valence electrons. The van der Waals surface area contributed by atoms with Crippen LogP contribution < -0.4 is 10.1 Å². The molecule has 2 aromatic rings. The van der Waals surface area contributed by atoms with Crippen molar-refractivity contribution in [3.63, 3.8) is 0 Å². The molecule has 0 aliphatic carbocycles. The Labute approximate surface area is 180 Å². The van der Waals surface area contributed by atoms with Crippen molar-refractivity contribution in [2.75, 3.05) is 18.5 Å². The topological polar surface area (TPSA) is 75.7 Å². The van der Waals surface area contributed by atoms with Gasteiger partial charge in [0.15, 0.2) is 0 Å². The molecule has 0 radical (unpaired) electrons. The molecule has 1 fully saturated rings. The predicted molar refractivity (Wildman–Crippen MR) is 110 cm³/mol. The molecule has 0 unspecified atom stereocenters. The van der Waals surface area contributed by atoms with Gasteiger partial charge in [-0.2, -0.15) is 13.2 Å². The van der Waals surface area contributed by atoms with Crippen LogP contribution in [0.25, 0.3) is 6.08 Å². The number of benzene rings is 2. The maximum atomic E-state index is 12.8. The number of anilines is 1. The Balaban J connectivity index is 1.71. The van der Waals surface area contributed by atoms with Crippen LogP contribution in [0.3, 0.4) is 0 Å². The molecule has 10 heteroatoms. The number of hydrogen-bond acceptors (Lipinski definition) is 5. The van der Waals surface area contributed by atoms with Gasteiger partial charge in [0.05, 0.1) is 17.1 Å². The first-order chi connectivity index (χ1) is 14.7. The Kier molecular flexibility index (Phi) is 6.69. The molecular weight excluding hydrogens is 433 g/mol. The van der Waals surface area contributed by atoms with Crippen LogP contribution in [0, 0.1) is 0 Å². The highest BCUT2D eigenvalue weighted by Crippen LogP contribution is 2.34. The summed E-state index contributed by atoms with van der Waals surface area (Å²) in [7, 11) is 0. The van der Waals surface area contributed by atoms with E-state index >= 15 is 0 Å². The average Bonchev–Trinajstić information content (AvgIpc) is 2.96. The van der Waals surface area contributed by atoms with Crippen molar-refractivity contribution in [2.24, 2.45) is 0 Å². The van der Waals surface area contributed by atoms with Crippen LogP contribution in [0.4, 0.5) is 23.7 Å². The number of rotatable bonds is 6. The molecule has 3 rings (SSSR count). The average molecular weight is 450 g/mol. The number of nitrogens with one attached hydrogen (secondary N) is 1. The van der Waals surface area contributed by atoms with Gasteiger partial charge >= 0.3 is 6.18 Å². The summed E-state index contributed by atoms with van der Waals surface area (Å²) in [6.45, 7) is 1.61. The summed E-state index contributed by atoms with van der Waals surface area (Å²) in [5, 5.41) is 1.63. The van der Waals surface area contributed by atoms with E-state index in [4.69, 9.17) is 4.74 Å². The van der Waals surface area contributed by atoms with Gasteiger partial charge < -0.3 is 10.1 Å². The van der Waals surface area contributed by atoms with Gasteiger partial charge in [-0.25, -0.2) is 0 Å². The highest BCUT2D eigenvalue weighted by molar-refractivity contribution is 8.18. The number of hydrogen-bond donors (Lipinski definition) is 1. The Morgan fingerprint density at radius 3 is 2.61 bits per heavy atom. The van der Waals surface area contributed by atoms with Gasteiger partial charge in [-0.05, 0) is 49.0 Å². The van der Waals surface area contributed by atoms with Crippen LogP contribution in [-0.2, 0) is 15.8 Å². The lowest BCUT2D eigenvalue weighted by molar-refractivity contribution is -0.137. The molecule has 31 heavy (non-hydrogen) atoms. The van der Waals surface area contributed by atoms with Crippen molar-refractivity contribution in [1.29, 1.82) is 0 Å². The summed E-state index contributed by atoms with van der Waals surface area (Å²) in [5.41, 5.74) is -0.413. The maximum absolute atomic E-state index is 12.8. The molecule has 1 N–H and O–H groups in total. The van der Waals surface area contributed by atoms with E-state index in [1.54, 1.807) is 24.3 Å². The smallest absolute Gasteiger partial charge is 0.416 e. The fraction of sp³-hybridized carbons (Fsp3) is 0.190. The van der Waals surface area contributed by atoms with Gasteiger partial charge in [-0.3, -0.25) is 19.3 Å². The first kappa shape index (κ1) is 22.4. The second-order valence-corrected chi connectivity index (χ2v) is 7.36. The monoisotopic (exact) mass is 450 g/mol. The molecule has 6 nitrogen and oxygen atoms in total. The van der Waals surface area contributed by atoms with Crippen LogP contribution in [0.1, 0.15) is 18.1 Å². The van der Waals surface area contributed by atoms with E-state index in [9.17, 15) is 27.6 Å². The molecule has 1 heterocycles. The minimum absolute atomic E-state index is 0.0898. The molecular formula is C21H17F3N2O4S. The molecule has 1 aliphatic rings. The SMILES string of the molecule is CCOc1ccccc1/C=C1\SC(=O)N(CC(=O)Nc2cccc(C(F)(F)F)c2)C1=O. The summed E-state index contributed by atoms with van der Waals surface area (Å²) < 4.78 is 43.9. The van der Waals surface area contributed by atoms with E-state index in [0.29, 0.717) is 29.7 Å². The summed E-state index contributed by atoms with van der Waals surface area (Å²) in [6, 6.07) is 11.0. The van der Waals surface area contributed by atoms with Gasteiger partial charge in [-0.15, -0.1) is 0 Å². The Hall–Kier alpha value is -3.27. The summed E-state index contributed by atoms with van der Waals surface area (Å²) in [6.07, 6.45) is -3.06. The number of halogens is 3. The van der Waals surface area contributed by atoms with E-state index in [1.807, 2.05) is 6.92 Å². The van der Waals surface area contributed by atoms with Crippen LogP contribution in [0.15, 0.2) is 53.4 Å². The largest absolute Gasteiger partial charge is 0.493 e. The maximum Gasteiger partial charge on any atom is 0.416 e. The van der Waals surface area contributed by atoms with Crippen molar-refractivity contribution < 1.29 is 32.3 Å². The fourth-order valence-corrected chi connectivity index (χ4v) is 3.61. The number of amides is 3. The lowest BCUT2D eigenvalue weighted by Crippen LogP contribution is -2.36. The number of thioether (sulfide) groups is 1. The third-order valence-corrected chi connectivity index (χ3v) is 5.06. The van der Waals surface area contributed by atoms with Gasteiger partial charge in [0.25, 0.3) is 11.1 Å². The first-order valence-electron chi connectivity index (χ1n) is 9.13. The Morgan fingerprint density at radius 1 is 1.16 bits per heavy atom. The zero-order valence-electron chi connectivity index (χ0n) is 16.2. The Morgan fingerprint density at radius 2 is 1.90 bits per heavy atom. The summed E-state index contributed by atoms with van der Waals surface area (Å²) in [4.78, 5) is 37.9. The van der Waals surface area contributed by atoms with Gasteiger partial charge in [0.2, 0.25) is 5.91 Å². The van der Waals surface area contributed by atoms with Crippen molar-refractivity contribution >= 4 is 40.6 Å². The summed E-state index contributed by atoms with van der Waals surface area (Å²) >= 11 is 0.672. The lowest BCUT2D eigenvalue weighted by Gasteiger charge is -2.13. The van der Waals surface area contributed by atoms with E-state index < -0.39 is 35.3 Å². The van der Waals surface area contributed by atoms with Gasteiger partial charge in [0, 0.05) is 11.3 Å². The van der Waals surface area contributed by atoms with Crippen molar-refractivity contribution in [2.45, 2.75) is 13.1 Å². The number of alkyl halides is 3. The van der Waals surface area contributed by atoms with Crippen LogP contribution in [0.2, 0.25) is 0 Å². The predicted octanol–water partition coefficient (Wildman–Crippen LogP) is 4.78. The van der Waals surface area contributed by atoms with Crippen molar-refractivity contribution in [3.8, 4) is 5.75 Å². The minimum Gasteiger partial charge on any atom is -0.493 e. The van der Waals surface area contributed by atoms with E-state index in [2.05, 4.69) is 5.32 Å². The molecule has 2 aromatic carbocycles. The van der Waals surface area contributed by atoms with Crippen molar-refractivity contribution in [3.05, 3.63) is 64.6 Å². The molecule has 3 amide bonds. The zero-order chi connectivity index (χ0) is 22.6. The Bertz CT molecular complexity index is 1050. The highest BCUT2D eigenvalue weighted by Gasteiger charge is 2.36. The zero-order valence-corrected chi connectivity index (χ0v) is 17.0. The molecule has 0 saturated carbocycles. The third kappa shape index (κ3) is 5.46. The minimum atomic E-state index is -4.56. The van der Waals surface area contributed by atoms with E-state index in [0.717, 1.165) is 23.1 Å². The van der Waals surface area contributed by atoms with Crippen molar-refractivity contribution in [1.82, 2.24) is 4.90 Å². The number of nitrogens with zero attached hydrogens (tertiary/aromatic N) is 1. The third-order valence-electron chi connectivity index (χ3n) is 4.15. The number of carbonyl (C=O) groups is 3. The fourth-order valence-electron chi connectivity index (χ4n) is 2.78. The molecule has 0 spiro atoms. The molecule has 0 atom stereocenters. The van der Waals surface area contributed by atoms with E-state index in [-0.39, 0.29) is 10.6 Å². The second kappa shape index (κ2) is 9.25. The van der Waals surface area contributed by atoms with Gasteiger partial charge in [0.1, 0.15) is 12.3 Å². The molecule has 0 bridgehead atoms. The van der Waals surface area contributed by atoms with Crippen LogP contribution in [0.5, 0.6) is 5.75 Å². The molecule has 0 aromatic heterocycles. The molecule has 1 saturated heterocycles. The summed E-state index contributed by atoms with van der Waals surface area (Å²) in [5.74, 6) is -0.919. The number of para-hydroxylation sites is 1. The van der Waals surface area contributed by atoms with Crippen LogP contribution >= 0.6 is 11.8 Å². The standard InChI is InChI=1S/C21H17F3N2O4S/c1-2-30-16-9-4-3-6-13(16)10-17-19(28)26(20(29)31-17)12-18(27)25-15-8-5-7-14(11-15)21(22,23)24/h3-11H,2,12H2,1H3,(H,25,27)/b17-10-. The van der Waals surface area contributed by atoms with E-state index in [1.165, 1.54) is 12.1 Å². The molecule has 1 aliphatic heterocycles. The number of ether oxygens (including phenoxy) is 1. The van der Waals surface area contributed by atoms with Gasteiger partial charge in [-0.1, -0.05) is 24.3 Å². The second-order valence-electron chi connectivity index (χ2n) is 6.37. The number of carbonyl (C=O) groups excluding carboxylic acids is 3.